The van der Waals surface area contributed by atoms with Crippen LogP contribution in [-0.4, -0.2) is 22.2 Å². The molecular weight excluding hydrogens is 316 g/mol. The van der Waals surface area contributed by atoms with Crippen molar-refractivity contribution in [3.8, 4) is 11.3 Å². The Hall–Kier alpha value is -2.92. The van der Waals surface area contributed by atoms with E-state index in [1.807, 2.05) is 67.6 Å². The molecule has 1 heterocycles. The summed E-state index contributed by atoms with van der Waals surface area (Å²) in [5.41, 5.74) is 1.91. The Morgan fingerprint density at radius 3 is 2.44 bits per heavy atom. The highest BCUT2D eigenvalue weighted by Crippen LogP contribution is 2.20. The van der Waals surface area contributed by atoms with Crippen molar-refractivity contribution in [3.05, 3.63) is 78.0 Å². The quantitative estimate of drug-likeness (QED) is 0.721. The summed E-state index contributed by atoms with van der Waals surface area (Å²) in [6.07, 6.45) is -0.215. The van der Waals surface area contributed by atoms with E-state index in [-0.39, 0.29) is 17.6 Å². The molecule has 0 aliphatic carbocycles. The van der Waals surface area contributed by atoms with Crippen molar-refractivity contribution in [2.24, 2.45) is 0 Å². The first-order valence-corrected chi connectivity index (χ1v) is 8.19. The van der Waals surface area contributed by atoms with Crippen molar-refractivity contribution in [2.75, 3.05) is 0 Å². The second kappa shape index (κ2) is 7.77. The van der Waals surface area contributed by atoms with Crippen LogP contribution in [0.5, 0.6) is 0 Å². The van der Waals surface area contributed by atoms with Gasteiger partial charge >= 0.3 is 0 Å². The third-order valence-electron chi connectivity index (χ3n) is 3.94. The minimum Gasteiger partial charge on any atom is -0.388 e. The first-order chi connectivity index (χ1) is 12.1. The predicted molar refractivity (Wildman–Crippen MR) is 94.9 cm³/mol. The molecule has 0 radical (unpaired) electrons. The second-order valence-electron chi connectivity index (χ2n) is 5.98. The van der Waals surface area contributed by atoms with Gasteiger partial charge in [-0.2, -0.15) is 0 Å². The van der Waals surface area contributed by atoms with Crippen molar-refractivity contribution < 1.29 is 14.4 Å². The molecule has 0 saturated heterocycles. The number of hydrogen-bond donors (Lipinski definition) is 2. The maximum absolute atomic E-state index is 12.3. The van der Waals surface area contributed by atoms with E-state index in [1.54, 1.807) is 6.07 Å². The summed E-state index contributed by atoms with van der Waals surface area (Å²) in [5.74, 6) is 0.224. The summed E-state index contributed by atoms with van der Waals surface area (Å²) < 4.78 is 5.24. The highest BCUT2D eigenvalue weighted by atomic mass is 16.5. The van der Waals surface area contributed by atoms with Gasteiger partial charge in [0.1, 0.15) is 0 Å². The standard InChI is InChI=1S/C20H20N2O3/c1-14(12-18(23)15-8-4-2-5-9-15)21-20(24)17-13-19(25-22-17)16-10-6-3-7-11-16/h2-11,13-14,18,23H,12H2,1H3,(H,21,24). The third-order valence-corrected chi connectivity index (χ3v) is 3.94. The molecule has 2 N–H and O–H groups in total. The molecule has 2 atom stereocenters. The zero-order valence-electron chi connectivity index (χ0n) is 13.9. The molecule has 0 fully saturated rings. The van der Waals surface area contributed by atoms with Crippen LogP contribution in [0, 0.1) is 0 Å². The Morgan fingerprint density at radius 1 is 1.12 bits per heavy atom. The van der Waals surface area contributed by atoms with Crippen LogP contribution in [0.4, 0.5) is 0 Å². The fourth-order valence-electron chi connectivity index (χ4n) is 2.62. The summed E-state index contributed by atoms with van der Waals surface area (Å²) in [4.78, 5) is 12.3. The van der Waals surface area contributed by atoms with E-state index in [2.05, 4.69) is 10.5 Å². The number of carbonyl (C=O) groups is 1. The van der Waals surface area contributed by atoms with Gasteiger partial charge < -0.3 is 14.9 Å². The number of amides is 1. The van der Waals surface area contributed by atoms with Crippen molar-refractivity contribution in [3.63, 3.8) is 0 Å². The average Bonchev–Trinajstić information content (AvgIpc) is 3.13. The number of rotatable bonds is 6. The molecule has 5 nitrogen and oxygen atoms in total. The van der Waals surface area contributed by atoms with Crippen LogP contribution in [0.25, 0.3) is 11.3 Å². The Kier molecular flexibility index (Phi) is 5.26. The summed E-state index contributed by atoms with van der Waals surface area (Å²) >= 11 is 0. The molecule has 2 aromatic carbocycles. The molecule has 5 heteroatoms. The number of aliphatic hydroxyl groups is 1. The topological polar surface area (TPSA) is 75.4 Å². The Bertz CT molecular complexity index is 815. The summed E-state index contributed by atoms with van der Waals surface area (Å²) in [6.45, 7) is 1.85. The molecule has 3 aromatic rings. The number of aromatic nitrogens is 1. The van der Waals surface area contributed by atoms with Gasteiger partial charge in [0.05, 0.1) is 6.10 Å². The molecule has 0 saturated carbocycles. The lowest BCUT2D eigenvalue weighted by molar-refractivity contribution is 0.0908. The van der Waals surface area contributed by atoms with E-state index in [9.17, 15) is 9.90 Å². The molecule has 25 heavy (non-hydrogen) atoms. The maximum atomic E-state index is 12.3. The smallest absolute Gasteiger partial charge is 0.273 e. The fraction of sp³-hybridized carbons (Fsp3) is 0.200. The van der Waals surface area contributed by atoms with Gasteiger partial charge in [-0.1, -0.05) is 65.8 Å². The fourth-order valence-corrected chi connectivity index (χ4v) is 2.62. The highest BCUT2D eigenvalue weighted by Gasteiger charge is 2.18. The molecule has 0 spiro atoms. The van der Waals surface area contributed by atoms with Crippen molar-refractivity contribution in [1.82, 2.24) is 10.5 Å². The van der Waals surface area contributed by atoms with E-state index in [0.29, 0.717) is 12.2 Å². The zero-order valence-corrected chi connectivity index (χ0v) is 13.9. The van der Waals surface area contributed by atoms with Gasteiger partial charge in [0, 0.05) is 17.7 Å². The molecule has 1 amide bonds. The van der Waals surface area contributed by atoms with Gasteiger partial charge in [0.25, 0.3) is 5.91 Å². The Balaban J connectivity index is 1.59. The number of hydrogen-bond acceptors (Lipinski definition) is 4. The largest absolute Gasteiger partial charge is 0.388 e. The van der Waals surface area contributed by atoms with Crippen LogP contribution in [-0.2, 0) is 0 Å². The molecule has 128 valence electrons. The maximum Gasteiger partial charge on any atom is 0.273 e. The Morgan fingerprint density at radius 2 is 1.76 bits per heavy atom. The van der Waals surface area contributed by atoms with Gasteiger partial charge in [0.2, 0.25) is 0 Å². The first-order valence-electron chi connectivity index (χ1n) is 8.19. The summed E-state index contributed by atoms with van der Waals surface area (Å²) in [7, 11) is 0. The van der Waals surface area contributed by atoms with Crippen LogP contribution in [0.2, 0.25) is 0 Å². The Labute approximate surface area is 146 Å². The van der Waals surface area contributed by atoms with E-state index >= 15 is 0 Å². The predicted octanol–water partition coefficient (Wildman–Crippen LogP) is 3.58. The van der Waals surface area contributed by atoms with Crippen molar-refractivity contribution in [1.29, 1.82) is 0 Å². The van der Waals surface area contributed by atoms with Gasteiger partial charge in [-0.05, 0) is 18.9 Å². The number of aliphatic hydroxyl groups excluding tert-OH is 1. The van der Waals surface area contributed by atoms with E-state index in [0.717, 1.165) is 11.1 Å². The molecule has 1 aromatic heterocycles. The molecule has 0 bridgehead atoms. The van der Waals surface area contributed by atoms with Crippen LogP contribution in [0.3, 0.4) is 0 Å². The average molecular weight is 336 g/mol. The lowest BCUT2D eigenvalue weighted by atomic mass is 10.0. The van der Waals surface area contributed by atoms with Crippen molar-refractivity contribution in [2.45, 2.75) is 25.5 Å². The van der Waals surface area contributed by atoms with Gasteiger partial charge in [-0.15, -0.1) is 0 Å². The SMILES string of the molecule is CC(CC(O)c1ccccc1)NC(=O)c1cc(-c2ccccc2)on1. The molecule has 0 aliphatic heterocycles. The minimum atomic E-state index is -0.631. The van der Waals surface area contributed by atoms with E-state index < -0.39 is 6.10 Å². The summed E-state index contributed by atoms with van der Waals surface area (Å²) in [6, 6.07) is 20.3. The minimum absolute atomic E-state index is 0.209. The monoisotopic (exact) mass is 336 g/mol. The number of nitrogens with one attached hydrogen (secondary N) is 1. The molecule has 3 rings (SSSR count). The second-order valence-corrected chi connectivity index (χ2v) is 5.98. The van der Waals surface area contributed by atoms with Gasteiger partial charge in [-0.3, -0.25) is 4.79 Å². The van der Waals surface area contributed by atoms with Crippen molar-refractivity contribution >= 4 is 5.91 Å². The van der Waals surface area contributed by atoms with Crippen LogP contribution in [0.15, 0.2) is 71.3 Å². The van der Waals surface area contributed by atoms with Crippen LogP contribution >= 0.6 is 0 Å². The lowest BCUT2D eigenvalue weighted by Crippen LogP contribution is -2.33. The van der Waals surface area contributed by atoms with Gasteiger partial charge in [0.15, 0.2) is 11.5 Å². The lowest BCUT2D eigenvalue weighted by Gasteiger charge is -2.17. The van der Waals surface area contributed by atoms with E-state index in [1.165, 1.54) is 0 Å². The number of nitrogens with zero attached hydrogens (tertiary/aromatic N) is 1. The first kappa shape index (κ1) is 16.9. The molecule has 2 unspecified atom stereocenters. The highest BCUT2D eigenvalue weighted by molar-refractivity contribution is 5.93. The molecular formula is C20H20N2O3. The normalized spacial score (nSPS) is 13.2. The third kappa shape index (κ3) is 4.33. The van der Waals surface area contributed by atoms with Crippen LogP contribution < -0.4 is 5.32 Å². The summed E-state index contributed by atoms with van der Waals surface area (Å²) in [5, 5.41) is 16.9. The molecule has 0 aliphatic rings. The van der Waals surface area contributed by atoms with Crippen LogP contribution in [0.1, 0.15) is 35.5 Å². The van der Waals surface area contributed by atoms with Gasteiger partial charge in [-0.25, -0.2) is 0 Å². The number of carbonyl (C=O) groups excluding carboxylic acids is 1. The zero-order chi connectivity index (χ0) is 17.6. The van der Waals surface area contributed by atoms with E-state index in [4.69, 9.17) is 4.52 Å². The number of benzene rings is 2.